The summed E-state index contributed by atoms with van der Waals surface area (Å²) in [6.07, 6.45) is 0. The summed E-state index contributed by atoms with van der Waals surface area (Å²) in [4.78, 5) is 6.47. The van der Waals surface area contributed by atoms with Crippen molar-refractivity contribution in [1.82, 2.24) is 4.90 Å². The number of ether oxygens (including phenoxy) is 1. The third kappa shape index (κ3) is 2.11. The highest BCUT2D eigenvalue weighted by Crippen LogP contribution is 2.81. The van der Waals surface area contributed by atoms with Gasteiger partial charge in [0.15, 0.2) is 5.57 Å². The van der Waals surface area contributed by atoms with Crippen molar-refractivity contribution in [3.63, 3.8) is 0 Å². The summed E-state index contributed by atoms with van der Waals surface area (Å²) in [6, 6.07) is 15.8. The van der Waals surface area contributed by atoms with Crippen LogP contribution in [0, 0.1) is 56.2 Å². The van der Waals surface area contributed by atoms with Gasteiger partial charge in [-0.1, -0.05) is 28.1 Å². The fraction of sp³-hybridized carbons (Fsp3) is 0.350. The van der Waals surface area contributed by atoms with E-state index >= 15 is 0 Å². The molecule has 4 rings (SSSR count). The Morgan fingerprint density at radius 3 is 2.36 bits per heavy atom. The monoisotopic (exact) mass is 432 g/mol. The largest absolute Gasteiger partial charge is 0.378 e. The molecule has 7 nitrogen and oxygen atoms in total. The molecule has 8 heteroatoms. The molecule has 3 aliphatic rings. The van der Waals surface area contributed by atoms with Crippen LogP contribution < -0.4 is 0 Å². The molecular formula is C20H13BrN6O. The third-order valence-electron chi connectivity index (χ3n) is 5.65. The SMILES string of the molecule is N#CC(C#N)=C1N=C(N2CCOCC2)C2(C#N)C(c3cccc(Br)c3)C12C#N. The highest BCUT2D eigenvalue weighted by molar-refractivity contribution is 9.10. The molecule has 0 amide bonds. The molecule has 1 saturated carbocycles. The zero-order valence-corrected chi connectivity index (χ0v) is 16.3. The maximum atomic E-state index is 10.3. The number of halogens is 1. The van der Waals surface area contributed by atoms with E-state index in [4.69, 9.17) is 4.74 Å². The van der Waals surface area contributed by atoms with Crippen LogP contribution in [-0.4, -0.2) is 37.0 Å². The maximum Gasteiger partial charge on any atom is 0.152 e. The number of rotatable bonds is 1. The molecule has 3 atom stereocenters. The summed E-state index contributed by atoms with van der Waals surface area (Å²) >= 11 is 3.44. The molecule has 3 unspecified atom stereocenters. The molecule has 1 aliphatic carbocycles. The Morgan fingerprint density at radius 2 is 1.79 bits per heavy atom. The Hall–Kier alpha value is -3.17. The Morgan fingerprint density at radius 1 is 1.11 bits per heavy atom. The first kappa shape index (κ1) is 18.2. The van der Waals surface area contributed by atoms with E-state index < -0.39 is 16.7 Å². The lowest BCUT2D eigenvalue weighted by atomic mass is 9.91. The second-order valence-corrected chi connectivity index (χ2v) is 7.73. The summed E-state index contributed by atoms with van der Waals surface area (Å²) in [5.41, 5.74) is -1.90. The van der Waals surface area contributed by atoms with E-state index in [0.29, 0.717) is 32.1 Å². The number of fused-ring (bicyclic) bond motifs is 1. The van der Waals surface area contributed by atoms with Crippen LogP contribution in [-0.2, 0) is 4.74 Å². The van der Waals surface area contributed by atoms with Crippen LogP contribution >= 0.6 is 15.9 Å². The number of aliphatic imine (C=N–C) groups is 1. The van der Waals surface area contributed by atoms with Gasteiger partial charge in [-0.15, -0.1) is 0 Å². The zero-order valence-electron chi connectivity index (χ0n) is 14.7. The molecule has 2 aliphatic heterocycles. The molecule has 1 aromatic rings. The summed E-state index contributed by atoms with van der Waals surface area (Å²) in [7, 11) is 0. The smallest absolute Gasteiger partial charge is 0.152 e. The predicted octanol–water partition coefficient (Wildman–Crippen LogP) is 2.61. The normalized spacial score (nSPS) is 30.2. The number of amidine groups is 1. The molecule has 28 heavy (non-hydrogen) atoms. The average Bonchev–Trinajstić information content (AvgIpc) is 3.24. The average molecular weight is 433 g/mol. The van der Waals surface area contributed by atoms with Crippen molar-refractivity contribution in [2.45, 2.75) is 5.92 Å². The lowest BCUT2D eigenvalue weighted by molar-refractivity contribution is 0.0662. The van der Waals surface area contributed by atoms with Crippen molar-refractivity contribution in [3.8, 4) is 24.3 Å². The Bertz CT molecular complexity index is 1080. The molecule has 0 spiro atoms. The molecule has 1 saturated heterocycles. The maximum absolute atomic E-state index is 10.3. The van der Waals surface area contributed by atoms with Crippen LogP contribution in [0.4, 0.5) is 0 Å². The Labute approximate surface area is 170 Å². The number of hydrogen-bond acceptors (Lipinski definition) is 7. The van der Waals surface area contributed by atoms with Gasteiger partial charge < -0.3 is 9.64 Å². The van der Waals surface area contributed by atoms with Gasteiger partial charge >= 0.3 is 0 Å². The molecule has 0 radical (unpaired) electrons. The van der Waals surface area contributed by atoms with Crippen molar-refractivity contribution in [1.29, 1.82) is 21.0 Å². The van der Waals surface area contributed by atoms with Gasteiger partial charge in [-0.05, 0) is 17.7 Å². The zero-order chi connectivity index (χ0) is 19.9. The Kier molecular flexibility index (Phi) is 4.20. The minimum Gasteiger partial charge on any atom is -0.378 e. The van der Waals surface area contributed by atoms with Crippen molar-refractivity contribution >= 4 is 21.8 Å². The van der Waals surface area contributed by atoms with Crippen molar-refractivity contribution in [2.75, 3.05) is 26.3 Å². The molecule has 2 heterocycles. The molecule has 1 aromatic carbocycles. The van der Waals surface area contributed by atoms with Crippen molar-refractivity contribution in [3.05, 3.63) is 45.6 Å². The first-order valence-electron chi connectivity index (χ1n) is 8.65. The number of hydrogen-bond donors (Lipinski definition) is 0. The molecule has 0 aromatic heterocycles. The van der Waals surface area contributed by atoms with E-state index in [2.05, 4.69) is 33.1 Å². The van der Waals surface area contributed by atoms with Crippen LogP contribution in [0.5, 0.6) is 0 Å². The first-order chi connectivity index (χ1) is 13.6. The number of nitriles is 4. The number of nitrogens with zero attached hydrogens (tertiary/aromatic N) is 6. The molecule has 136 valence electrons. The van der Waals surface area contributed by atoms with E-state index in [1.165, 1.54) is 0 Å². The van der Waals surface area contributed by atoms with E-state index in [-0.39, 0.29) is 11.3 Å². The molecular weight excluding hydrogens is 420 g/mol. The van der Waals surface area contributed by atoms with Crippen LogP contribution in [0.3, 0.4) is 0 Å². The minimum absolute atomic E-state index is 0.105. The number of benzene rings is 1. The van der Waals surface area contributed by atoms with Gasteiger partial charge in [0, 0.05) is 23.5 Å². The van der Waals surface area contributed by atoms with E-state index in [9.17, 15) is 21.0 Å². The molecule has 2 fully saturated rings. The number of morpholine rings is 1. The van der Waals surface area contributed by atoms with E-state index in [0.717, 1.165) is 10.0 Å². The Balaban J connectivity index is 1.98. The summed E-state index contributed by atoms with van der Waals surface area (Å²) in [5.74, 6) is -0.0441. The lowest BCUT2D eigenvalue weighted by Crippen LogP contribution is -2.44. The quantitative estimate of drug-likeness (QED) is 0.628. The second kappa shape index (κ2) is 6.47. The standard InChI is InChI=1S/C20H13BrN6O/c21-15-3-1-2-13(8-15)16-19(11-24)17(14(9-22)10-23)26-18(20(16,19)12-25)27-4-6-28-7-5-27/h1-3,8,16H,4-7H2. The van der Waals surface area contributed by atoms with Crippen LogP contribution in [0.15, 0.2) is 45.0 Å². The fourth-order valence-corrected chi connectivity index (χ4v) is 4.88. The van der Waals surface area contributed by atoms with Gasteiger partial charge in [0.1, 0.15) is 28.8 Å². The molecule has 0 bridgehead atoms. The summed E-state index contributed by atoms with van der Waals surface area (Å²) in [6.45, 7) is 2.06. The minimum atomic E-state index is -1.35. The second-order valence-electron chi connectivity index (χ2n) is 6.81. The summed E-state index contributed by atoms with van der Waals surface area (Å²) < 4.78 is 6.23. The van der Waals surface area contributed by atoms with Crippen LogP contribution in [0.1, 0.15) is 11.5 Å². The molecule has 0 N–H and O–H groups in total. The highest BCUT2D eigenvalue weighted by Gasteiger charge is 2.87. The fourth-order valence-electron chi connectivity index (χ4n) is 4.46. The first-order valence-corrected chi connectivity index (χ1v) is 9.44. The van der Waals surface area contributed by atoms with Gasteiger partial charge in [-0.3, -0.25) is 0 Å². The topological polar surface area (TPSA) is 120 Å². The highest BCUT2D eigenvalue weighted by atomic mass is 79.9. The van der Waals surface area contributed by atoms with Crippen molar-refractivity contribution in [2.24, 2.45) is 15.8 Å². The van der Waals surface area contributed by atoms with E-state index in [1.807, 2.05) is 41.3 Å². The number of allylic oxidation sites excluding steroid dienone is 2. The summed E-state index contributed by atoms with van der Waals surface area (Å²) in [5, 5.41) is 39.4. The van der Waals surface area contributed by atoms with Crippen LogP contribution in [0.2, 0.25) is 0 Å². The van der Waals surface area contributed by atoms with E-state index in [1.54, 1.807) is 0 Å². The van der Waals surface area contributed by atoms with Gasteiger partial charge in [-0.2, -0.15) is 21.0 Å². The third-order valence-corrected chi connectivity index (χ3v) is 6.15. The lowest BCUT2D eigenvalue weighted by Gasteiger charge is -2.31. The predicted molar refractivity (Wildman–Crippen MR) is 101 cm³/mol. The van der Waals surface area contributed by atoms with Crippen molar-refractivity contribution < 1.29 is 4.74 Å². The van der Waals surface area contributed by atoms with Gasteiger partial charge in [0.05, 0.1) is 31.0 Å². The van der Waals surface area contributed by atoms with Crippen LogP contribution in [0.25, 0.3) is 0 Å². The van der Waals surface area contributed by atoms with Gasteiger partial charge in [-0.25, -0.2) is 4.99 Å². The van der Waals surface area contributed by atoms with Gasteiger partial charge in [0.25, 0.3) is 0 Å². The van der Waals surface area contributed by atoms with Gasteiger partial charge in [0.2, 0.25) is 0 Å².